The van der Waals surface area contributed by atoms with E-state index >= 15 is 0 Å². The van der Waals surface area contributed by atoms with Crippen LogP contribution in [0.25, 0.3) is 16.7 Å². The molecule has 10 rings (SSSR count). The highest BCUT2D eigenvalue weighted by molar-refractivity contribution is 5.98. The van der Waals surface area contributed by atoms with Crippen molar-refractivity contribution in [1.29, 1.82) is 0 Å². The molecule has 3 heterocycles. The first-order valence-electron chi connectivity index (χ1n) is 12.7. The Morgan fingerprint density at radius 2 is 1.84 bits per heavy atom. The lowest BCUT2D eigenvalue weighted by molar-refractivity contribution is -0.659. The Morgan fingerprint density at radius 1 is 1.11 bits per heavy atom. The Kier molecular flexibility index (Phi) is 3.39. The van der Waals surface area contributed by atoms with E-state index in [9.17, 15) is 23.9 Å². The molecule has 192 valence electrons. The van der Waals surface area contributed by atoms with Gasteiger partial charge in [0.15, 0.2) is 17.0 Å². The molecule has 0 spiro atoms. The number of fused-ring (bicyclic) bond motifs is 2. The van der Waals surface area contributed by atoms with Gasteiger partial charge in [-0.15, -0.1) is 0 Å². The van der Waals surface area contributed by atoms with Gasteiger partial charge in [0.2, 0.25) is 0 Å². The van der Waals surface area contributed by atoms with Crippen LogP contribution in [0.3, 0.4) is 0 Å². The monoisotopic (exact) mass is 516 g/mol. The summed E-state index contributed by atoms with van der Waals surface area (Å²) in [5, 5.41) is 20.2. The highest BCUT2D eigenvalue weighted by Gasteiger charge is 3.09. The number of carbonyl (C=O) groups excluding carboxylic acids is 2. The van der Waals surface area contributed by atoms with Gasteiger partial charge in [-0.3, -0.25) is 14.2 Å². The third kappa shape index (κ3) is 1.96. The Hall–Kier alpha value is -4.06. The Bertz CT molecular complexity index is 1800. The first kappa shape index (κ1) is 20.9. The number of hydrogen-bond acceptors (Lipinski definition) is 7. The predicted molar refractivity (Wildman–Crippen MR) is 126 cm³/mol. The maximum atomic E-state index is 14.4. The van der Waals surface area contributed by atoms with Gasteiger partial charge in [-0.25, -0.2) is 18.7 Å². The molecule has 4 aromatic rings. The standard InChI is InChI=1S/C26H21FN6O5/c1-32-12-4-9(2-3-14(12)38-24(32)36)6-28-22(34)11-5-13(33-21(31-11)10(27)7-30-33)23(35)29-8-25-15-18-16(25)20-17(25)19(15)26(18,20)37/h2-5,7,15-20,37H,6,8H2,1H3,(H,28,34)(H,29,35). The molecule has 3 N–H and O–H groups in total. The first-order chi connectivity index (χ1) is 18.3. The van der Waals surface area contributed by atoms with Crippen LogP contribution < -0.4 is 16.4 Å². The van der Waals surface area contributed by atoms with Crippen molar-refractivity contribution in [2.45, 2.75) is 12.1 Å². The minimum absolute atomic E-state index is 0.0226. The zero-order valence-corrected chi connectivity index (χ0v) is 20.0. The molecular weight excluding hydrogens is 495 g/mol. The lowest BCUT2D eigenvalue weighted by Crippen LogP contribution is -3.13. The molecule has 3 aromatic heterocycles. The first-order valence-corrected chi connectivity index (χ1v) is 12.7. The van der Waals surface area contributed by atoms with Crippen molar-refractivity contribution in [3.8, 4) is 0 Å². The molecule has 6 aliphatic rings. The number of aliphatic hydroxyl groups is 1. The fourth-order valence-electron chi connectivity index (χ4n) is 9.14. The number of oxazole rings is 1. The van der Waals surface area contributed by atoms with Crippen molar-refractivity contribution in [3.05, 3.63) is 63.8 Å². The van der Waals surface area contributed by atoms with Crippen LogP contribution in [0, 0.1) is 46.7 Å². The lowest BCUT2D eigenvalue weighted by atomic mass is 8.95. The average molecular weight is 516 g/mol. The number of carbonyl (C=O) groups is 2. The maximum Gasteiger partial charge on any atom is 0.419 e. The molecule has 6 aliphatic carbocycles. The van der Waals surface area contributed by atoms with Crippen LogP contribution in [0.2, 0.25) is 0 Å². The molecule has 0 aliphatic heterocycles. The van der Waals surface area contributed by atoms with Gasteiger partial charge in [-0.1, -0.05) is 6.07 Å². The van der Waals surface area contributed by atoms with E-state index in [0.717, 1.165) is 16.3 Å². The molecule has 38 heavy (non-hydrogen) atoms. The number of benzene rings is 1. The average Bonchev–Trinajstić information content (AvgIpc) is 3.44. The van der Waals surface area contributed by atoms with Crippen LogP contribution in [-0.4, -0.2) is 48.2 Å². The second kappa shape index (κ2) is 6.15. The molecule has 11 nitrogen and oxygen atoms in total. The summed E-state index contributed by atoms with van der Waals surface area (Å²) in [7, 11) is 1.59. The number of halogens is 1. The topological polar surface area (TPSA) is 144 Å². The molecule has 1 aromatic carbocycles. The predicted octanol–water partition coefficient (Wildman–Crippen LogP) is 0.456. The number of aromatic nitrogens is 4. The van der Waals surface area contributed by atoms with Crippen LogP contribution >= 0.6 is 0 Å². The zero-order chi connectivity index (χ0) is 25.9. The molecule has 6 saturated carbocycles. The number of rotatable bonds is 6. The van der Waals surface area contributed by atoms with E-state index in [1.54, 1.807) is 25.2 Å². The van der Waals surface area contributed by atoms with Crippen molar-refractivity contribution in [3.63, 3.8) is 0 Å². The summed E-state index contributed by atoms with van der Waals surface area (Å²) in [6, 6.07) is 6.42. The number of amides is 2. The Morgan fingerprint density at radius 3 is 2.58 bits per heavy atom. The smallest absolute Gasteiger partial charge is 0.408 e. The van der Waals surface area contributed by atoms with Crippen molar-refractivity contribution in [2.24, 2.45) is 48.0 Å². The van der Waals surface area contributed by atoms with Crippen molar-refractivity contribution in [2.75, 3.05) is 6.54 Å². The molecule has 2 amide bonds. The molecule has 12 heteroatoms. The summed E-state index contributed by atoms with van der Waals surface area (Å²) in [5.41, 5.74) is 1.16. The second-order valence-electron chi connectivity index (χ2n) is 11.5. The molecule has 6 fully saturated rings. The minimum Gasteiger partial charge on any atom is -0.408 e. The summed E-state index contributed by atoms with van der Waals surface area (Å²) in [6.45, 7) is 0.631. The van der Waals surface area contributed by atoms with Gasteiger partial charge in [-0.05, 0) is 58.6 Å². The van der Waals surface area contributed by atoms with Gasteiger partial charge in [0.25, 0.3) is 11.8 Å². The second-order valence-corrected chi connectivity index (χ2v) is 11.5. The molecule has 0 bridgehead atoms. The Balaban J connectivity index is 0.954. The highest BCUT2D eigenvalue weighted by atomic mass is 19.1. The molecule has 0 unspecified atom stereocenters. The number of nitrogens with one attached hydrogen (secondary N) is 2. The fraction of sp³-hybridized carbons (Fsp3) is 0.423. The Labute approximate surface area is 212 Å². The minimum atomic E-state index is -0.741. The largest absolute Gasteiger partial charge is 0.419 e. The molecule has 0 radical (unpaired) electrons. The molecule has 0 saturated heterocycles. The van der Waals surface area contributed by atoms with Gasteiger partial charge in [0, 0.05) is 26.2 Å². The SMILES string of the molecule is Cn1c(=O)oc2ccc(CNC(=O)c3cc(C(=O)NCC45C6C7C4C4C5C6C74O)n4ncc(F)c4n3)cc21. The summed E-state index contributed by atoms with van der Waals surface area (Å²) >= 11 is 0. The van der Waals surface area contributed by atoms with Crippen molar-refractivity contribution >= 4 is 28.6 Å². The summed E-state index contributed by atoms with van der Waals surface area (Å²) < 4.78 is 22.1. The van der Waals surface area contributed by atoms with Crippen LogP contribution in [0.4, 0.5) is 4.39 Å². The fourth-order valence-corrected chi connectivity index (χ4v) is 9.14. The third-order valence-corrected chi connectivity index (χ3v) is 10.5. The summed E-state index contributed by atoms with van der Waals surface area (Å²) in [5.74, 6) is 0.530. The quantitative estimate of drug-likeness (QED) is 0.338. The van der Waals surface area contributed by atoms with E-state index in [-0.39, 0.29) is 29.0 Å². The van der Waals surface area contributed by atoms with Gasteiger partial charge in [-0.2, -0.15) is 5.10 Å². The van der Waals surface area contributed by atoms with Crippen molar-refractivity contribution < 1.29 is 23.5 Å². The number of aryl methyl sites for hydroxylation is 1. The molecular formula is C26H21FN6O5. The van der Waals surface area contributed by atoms with Crippen LogP contribution in [0.1, 0.15) is 26.5 Å². The van der Waals surface area contributed by atoms with Crippen LogP contribution in [0.5, 0.6) is 0 Å². The van der Waals surface area contributed by atoms with Crippen molar-refractivity contribution in [1.82, 2.24) is 29.8 Å². The van der Waals surface area contributed by atoms with Gasteiger partial charge >= 0.3 is 5.76 Å². The van der Waals surface area contributed by atoms with E-state index in [4.69, 9.17) is 4.42 Å². The van der Waals surface area contributed by atoms with E-state index in [0.29, 0.717) is 53.2 Å². The molecule has 0 atom stereocenters. The maximum absolute atomic E-state index is 14.4. The highest BCUT2D eigenvalue weighted by Crippen LogP contribution is 3.06. The van der Waals surface area contributed by atoms with Gasteiger partial charge < -0.3 is 20.2 Å². The normalized spacial score (nSPS) is 36.0. The number of nitrogens with zero attached hydrogens (tertiary/aromatic N) is 4. The van der Waals surface area contributed by atoms with E-state index in [1.165, 1.54) is 10.6 Å². The third-order valence-electron chi connectivity index (χ3n) is 10.5. The van der Waals surface area contributed by atoms with Gasteiger partial charge in [0.1, 0.15) is 11.4 Å². The van der Waals surface area contributed by atoms with E-state index in [1.807, 2.05) is 0 Å². The lowest BCUT2D eigenvalue weighted by Gasteiger charge is -3.10. The summed E-state index contributed by atoms with van der Waals surface area (Å²) in [6.07, 6.45) is 0.963. The van der Waals surface area contributed by atoms with Crippen LogP contribution in [0.15, 0.2) is 39.7 Å². The number of hydrogen-bond donors (Lipinski definition) is 3. The van der Waals surface area contributed by atoms with E-state index in [2.05, 4.69) is 20.7 Å². The van der Waals surface area contributed by atoms with Gasteiger partial charge in [0.05, 0.1) is 17.3 Å². The summed E-state index contributed by atoms with van der Waals surface area (Å²) in [4.78, 5) is 42.1. The van der Waals surface area contributed by atoms with Crippen LogP contribution in [-0.2, 0) is 13.6 Å². The zero-order valence-electron chi connectivity index (χ0n) is 20.0. The van der Waals surface area contributed by atoms with E-state index < -0.39 is 29.0 Å².